The first kappa shape index (κ1) is 16.4. The van der Waals surface area contributed by atoms with Crippen molar-refractivity contribution >= 4 is 11.8 Å². The normalized spacial score (nSPS) is 10.7. The molecular formula is C18H18N2O3. The van der Waals surface area contributed by atoms with E-state index in [1.165, 1.54) is 6.07 Å². The van der Waals surface area contributed by atoms with E-state index in [0.29, 0.717) is 5.69 Å². The van der Waals surface area contributed by atoms with E-state index in [4.69, 9.17) is 10.00 Å². The molecule has 0 aromatic heterocycles. The number of hydrogen-bond donors (Lipinski definition) is 2. The van der Waals surface area contributed by atoms with Crippen molar-refractivity contribution in [1.29, 1.82) is 5.26 Å². The van der Waals surface area contributed by atoms with Crippen molar-refractivity contribution < 1.29 is 14.6 Å². The minimum atomic E-state index is -0.552. The molecule has 0 atom stereocenters. The second-order valence-corrected chi connectivity index (χ2v) is 6.05. The van der Waals surface area contributed by atoms with Gasteiger partial charge in [0.1, 0.15) is 17.4 Å². The van der Waals surface area contributed by atoms with Crippen LogP contribution in [-0.4, -0.2) is 16.8 Å². The Balaban J connectivity index is 2.12. The standard InChI is InChI=1S/C18H18N2O3/c1-18(2,3)23-17(22)20-15-8-6-12(7-9-15)13-4-5-14(11-19)16(21)10-13/h4-10,21H,1-3H3,(H,20,22). The second kappa shape index (κ2) is 6.41. The van der Waals surface area contributed by atoms with Gasteiger partial charge in [-0.05, 0) is 56.2 Å². The summed E-state index contributed by atoms with van der Waals surface area (Å²) in [5.74, 6) is -0.0547. The average molecular weight is 310 g/mol. The van der Waals surface area contributed by atoms with E-state index < -0.39 is 11.7 Å². The molecule has 118 valence electrons. The van der Waals surface area contributed by atoms with Crippen LogP contribution in [-0.2, 0) is 4.74 Å². The quantitative estimate of drug-likeness (QED) is 0.867. The molecule has 1 amide bonds. The number of anilines is 1. The molecule has 23 heavy (non-hydrogen) atoms. The van der Waals surface area contributed by atoms with Crippen molar-refractivity contribution in [3.05, 3.63) is 48.0 Å². The van der Waals surface area contributed by atoms with Gasteiger partial charge in [0.15, 0.2) is 0 Å². The van der Waals surface area contributed by atoms with E-state index in [1.54, 1.807) is 45.0 Å². The van der Waals surface area contributed by atoms with Crippen LogP contribution in [0.5, 0.6) is 5.75 Å². The first-order chi connectivity index (χ1) is 10.8. The van der Waals surface area contributed by atoms with Crippen LogP contribution in [0.15, 0.2) is 42.5 Å². The predicted molar refractivity (Wildman–Crippen MR) is 88.1 cm³/mol. The van der Waals surface area contributed by atoms with Crippen LogP contribution in [0.3, 0.4) is 0 Å². The lowest BCUT2D eigenvalue weighted by atomic mass is 10.0. The molecule has 0 aliphatic carbocycles. The maximum absolute atomic E-state index is 11.7. The molecule has 0 saturated heterocycles. The highest BCUT2D eigenvalue weighted by Crippen LogP contribution is 2.27. The number of carbonyl (C=O) groups excluding carboxylic acids is 1. The number of amides is 1. The molecule has 0 bridgehead atoms. The minimum Gasteiger partial charge on any atom is -0.507 e. The molecule has 5 heteroatoms. The zero-order chi connectivity index (χ0) is 17.0. The molecule has 2 aromatic carbocycles. The van der Waals surface area contributed by atoms with Crippen molar-refractivity contribution in [3.8, 4) is 22.9 Å². The molecule has 0 aliphatic heterocycles. The number of phenolic OH excluding ortho intramolecular Hbond substituents is 1. The number of nitrogens with zero attached hydrogens (tertiary/aromatic N) is 1. The first-order valence-corrected chi connectivity index (χ1v) is 7.12. The fourth-order valence-electron chi connectivity index (χ4n) is 1.97. The number of phenols is 1. The summed E-state index contributed by atoms with van der Waals surface area (Å²) in [6, 6.07) is 13.9. The molecule has 0 unspecified atom stereocenters. The molecule has 2 rings (SSSR count). The van der Waals surface area contributed by atoms with Gasteiger partial charge in [-0.3, -0.25) is 5.32 Å². The Kier molecular flexibility index (Phi) is 4.56. The Morgan fingerprint density at radius 1 is 1.13 bits per heavy atom. The van der Waals surface area contributed by atoms with Crippen molar-refractivity contribution in [1.82, 2.24) is 0 Å². The number of aromatic hydroxyl groups is 1. The van der Waals surface area contributed by atoms with Crippen LogP contribution in [0.2, 0.25) is 0 Å². The molecular weight excluding hydrogens is 292 g/mol. The third kappa shape index (κ3) is 4.48. The highest BCUT2D eigenvalue weighted by Gasteiger charge is 2.16. The van der Waals surface area contributed by atoms with E-state index in [2.05, 4.69) is 5.32 Å². The molecule has 5 nitrogen and oxygen atoms in total. The Bertz CT molecular complexity index is 753. The number of nitriles is 1. The fourth-order valence-corrected chi connectivity index (χ4v) is 1.97. The molecule has 0 heterocycles. The second-order valence-electron chi connectivity index (χ2n) is 6.05. The van der Waals surface area contributed by atoms with Crippen molar-refractivity contribution in [3.63, 3.8) is 0 Å². The number of benzene rings is 2. The molecule has 0 spiro atoms. The highest BCUT2D eigenvalue weighted by atomic mass is 16.6. The lowest BCUT2D eigenvalue weighted by Gasteiger charge is -2.19. The summed E-state index contributed by atoms with van der Waals surface area (Å²) in [4.78, 5) is 11.7. The van der Waals surface area contributed by atoms with Gasteiger partial charge in [-0.25, -0.2) is 4.79 Å². The lowest BCUT2D eigenvalue weighted by molar-refractivity contribution is 0.0636. The number of ether oxygens (including phenoxy) is 1. The Morgan fingerprint density at radius 2 is 1.74 bits per heavy atom. The number of carbonyl (C=O) groups is 1. The number of nitrogens with one attached hydrogen (secondary N) is 1. The molecule has 0 radical (unpaired) electrons. The van der Waals surface area contributed by atoms with E-state index in [0.717, 1.165) is 11.1 Å². The predicted octanol–water partition coefficient (Wildman–Crippen LogP) is 4.28. The fraction of sp³-hybridized carbons (Fsp3) is 0.222. The molecule has 0 fully saturated rings. The summed E-state index contributed by atoms with van der Waals surface area (Å²) < 4.78 is 5.18. The smallest absolute Gasteiger partial charge is 0.412 e. The Hall–Kier alpha value is -3.00. The number of rotatable bonds is 2. The van der Waals surface area contributed by atoms with Gasteiger partial charge >= 0.3 is 6.09 Å². The zero-order valence-electron chi connectivity index (χ0n) is 13.3. The maximum Gasteiger partial charge on any atom is 0.412 e. The molecule has 0 aliphatic rings. The van der Waals surface area contributed by atoms with Gasteiger partial charge in [-0.2, -0.15) is 5.26 Å². The van der Waals surface area contributed by atoms with Gasteiger partial charge in [-0.15, -0.1) is 0 Å². The van der Waals surface area contributed by atoms with Gasteiger partial charge in [0.2, 0.25) is 0 Å². The van der Waals surface area contributed by atoms with Crippen LogP contribution in [0.25, 0.3) is 11.1 Å². The van der Waals surface area contributed by atoms with E-state index in [9.17, 15) is 9.90 Å². The van der Waals surface area contributed by atoms with Crippen LogP contribution >= 0.6 is 0 Å². The SMILES string of the molecule is CC(C)(C)OC(=O)Nc1ccc(-c2ccc(C#N)c(O)c2)cc1. The Morgan fingerprint density at radius 3 is 2.26 bits per heavy atom. The van der Waals surface area contributed by atoms with E-state index in [1.807, 2.05) is 18.2 Å². The summed E-state index contributed by atoms with van der Waals surface area (Å²) in [5.41, 5.74) is 1.94. The van der Waals surface area contributed by atoms with Gasteiger partial charge < -0.3 is 9.84 Å². The average Bonchev–Trinajstić information content (AvgIpc) is 2.46. The third-order valence-electron chi connectivity index (χ3n) is 2.98. The van der Waals surface area contributed by atoms with Crippen LogP contribution in [0.4, 0.5) is 10.5 Å². The lowest BCUT2D eigenvalue weighted by Crippen LogP contribution is -2.27. The van der Waals surface area contributed by atoms with Gasteiger partial charge in [0.05, 0.1) is 5.56 Å². The molecule has 0 saturated carbocycles. The van der Waals surface area contributed by atoms with Crippen molar-refractivity contribution in [2.75, 3.05) is 5.32 Å². The van der Waals surface area contributed by atoms with Gasteiger partial charge in [0, 0.05) is 5.69 Å². The summed E-state index contributed by atoms with van der Waals surface area (Å²) in [5, 5.41) is 21.2. The minimum absolute atomic E-state index is 0.0547. The molecule has 2 N–H and O–H groups in total. The van der Waals surface area contributed by atoms with Crippen LogP contribution in [0.1, 0.15) is 26.3 Å². The maximum atomic E-state index is 11.7. The summed E-state index contributed by atoms with van der Waals surface area (Å²) in [6.07, 6.45) is -0.513. The zero-order valence-corrected chi connectivity index (χ0v) is 13.3. The van der Waals surface area contributed by atoms with Gasteiger partial charge in [0.25, 0.3) is 0 Å². The van der Waals surface area contributed by atoms with E-state index >= 15 is 0 Å². The van der Waals surface area contributed by atoms with Crippen LogP contribution in [0, 0.1) is 11.3 Å². The monoisotopic (exact) mass is 310 g/mol. The summed E-state index contributed by atoms with van der Waals surface area (Å²) in [6.45, 7) is 5.40. The van der Waals surface area contributed by atoms with Crippen molar-refractivity contribution in [2.45, 2.75) is 26.4 Å². The summed E-state index contributed by atoms with van der Waals surface area (Å²) in [7, 11) is 0. The molecule has 2 aromatic rings. The Labute approximate surface area is 135 Å². The third-order valence-corrected chi connectivity index (χ3v) is 2.98. The van der Waals surface area contributed by atoms with Crippen LogP contribution < -0.4 is 5.32 Å². The highest BCUT2D eigenvalue weighted by molar-refractivity contribution is 5.85. The number of hydrogen-bond acceptors (Lipinski definition) is 4. The van der Waals surface area contributed by atoms with Crippen molar-refractivity contribution in [2.24, 2.45) is 0 Å². The largest absolute Gasteiger partial charge is 0.507 e. The van der Waals surface area contributed by atoms with Gasteiger partial charge in [-0.1, -0.05) is 18.2 Å². The summed E-state index contributed by atoms with van der Waals surface area (Å²) >= 11 is 0. The first-order valence-electron chi connectivity index (χ1n) is 7.12. The van der Waals surface area contributed by atoms with E-state index in [-0.39, 0.29) is 11.3 Å². The topological polar surface area (TPSA) is 82.3 Å².